The van der Waals surface area contributed by atoms with Gasteiger partial charge in [0, 0.05) is 18.0 Å². The van der Waals surface area contributed by atoms with Crippen LogP contribution in [0.2, 0.25) is 0 Å². The van der Waals surface area contributed by atoms with E-state index in [2.05, 4.69) is 11.8 Å². The molecule has 0 aromatic rings. The third-order valence-electron chi connectivity index (χ3n) is 6.40. The third kappa shape index (κ3) is 2.95. The van der Waals surface area contributed by atoms with E-state index in [1.165, 1.54) is 64.2 Å². The standard InChI is InChI=1S/C18H31NO/c1-15-8-10-18(14-20,11-9-15)13-19-12-4-6-16-5-2-3-7-17(16)19/h14-17H,2-13H2,1H3/t15?,16-,17-,18?/m1/s1. The summed E-state index contributed by atoms with van der Waals surface area (Å²) >= 11 is 0. The molecule has 0 spiro atoms. The van der Waals surface area contributed by atoms with E-state index < -0.39 is 0 Å². The number of carbonyl (C=O) groups excluding carboxylic acids is 1. The molecule has 0 unspecified atom stereocenters. The van der Waals surface area contributed by atoms with Gasteiger partial charge in [-0.2, -0.15) is 0 Å². The van der Waals surface area contributed by atoms with Gasteiger partial charge in [0.15, 0.2) is 0 Å². The SMILES string of the molecule is CC1CCC(C=O)(CN2CCC[C@H]3CCCC[C@H]32)CC1. The normalized spacial score (nSPS) is 43.0. The number of hydrogen-bond donors (Lipinski definition) is 0. The Morgan fingerprint density at radius 2 is 1.75 bits per heavy atom. The summed E-state index contributed by atoms with van der Waals surface area (Å²) in [6, 6.07) is 0.800. The predicted octanol–water partition coefficient (Wildman–Crippen LogP) is 4.04. The molecule has 114 valence electrons. The number of aldehydes is 1. The van der Waals surface area contributed by atoms with Gasteiger partial charge in [0.2, 0.25) is 0 Å². The molecule has 0 bridgehead atoms. The number of rotatable bonds is 3. The summed E-state index contributed by atoms with van der Waals surface area (Å²) in [7, 11) is 0. The monoisotopic (exact) mass is 277 g/mol. The molecule has 3 fully saturated rings. The molecule has 2 saturated carbocycles. The van der Waals surface area contributed by atoms with E-state index >= 15 is 0 Å². The lowest BCUT2D eigenvalue weighted by Crippen LogP contribution is -2.52. The third-order valence-corrected chi connectivity index (χ3v) is 6.40. The summed E-state index contributed by atoms with van der Waals surface area (Å²) in [6.07, 6.45) is 14.5. The summed E-state index contributed by atoms with van der Waals surface area (Å²) < 4.78 is 0. The number of likely N-dealkylation sites (tertiary alicyclic amines) is 1. The van der Waals surface area contributed by atoms with Gasteiger partial charge >= 0.3 is 0 Å². The van der Waals surface area contributed by atoms with Gasteiger partial charge in [-0.1, -0.05) is 19.8 Å². The highest BCUT2D eigenvalue weighted by Gasteiger charge is 2.40. The Morgan fingerprint density at radius 1 is 1.05 bits per heavy atom. The van der Waals surface area contributed by atoms with Crippen molar-refractivity contribution >= 4 is 6.29 Å². The fourth-order valence-corrected chi connectivity index (χ4v) is 4.98. The van der Waals surface area contributed by atoms with E-state index in [9.17, 15) is 4.79 Å². The average molecular weight is 277 g/mol. The van der Waals surface area contributed by atoms with Gasteiger partial charge in [-0.3, -0.25) is 4.90 Å². The van der Waals surface area contributed by atoms with Gasteiger partial charge in [-0.05, 0) is 69.7 Å². The molecule has 0 amide bonds. The van der Waals surface area contributed by atoms with Gasteiger partial charge < -0.3 is 4.79 Å². The number of hydrogen-bond acceptors (Lipinski definition) is 2. The molecule has 2 heteroatoms. The van der Waals surface area contributed by atoms with Crippen LogP contribution < -0.4 is 0 Å². The Kier molecular flexibility index (Phi) is 4.49. The molecule has 1 saturated heterocycles. The van der Waals surface area contributed by atoms with Crippen molar-refractivity contribution in [3.8, 4) is 0 Å². The smallest absolute Gasteiger partial charge is 0.127 e. The quantitative estimate of drug-likeness (QED) is 0.726. The molecular weight excluding hydrogens is 246 g/mol. The molecule has 3 aliphatic rings. The molecule has 0 N–H and O–H groups in total. The molecule has 0 aromatic carbocycles. The van der Waals surface area contributed by atoms with Crippen molar-refractivity contribution in [2.24, 2.45) is 17.3 Å². The first-order valence-electron chi connectivity index (χ1n) is 8.93. The van der Waals surface area contributed by atoms with Gasteiger partial charge in [-0.15, -0.1) is 0 Å². The van der Waals surface area contributed by atoms with Crippen molar-refractivity contribution in [3.63, 3.8) is 0 Å². The fourth-order valence-electron chi connectivity index (χ4n) is 4.98. The average Bonchev–Trinajstić information content (AvgIpc) is 2.50. The van der Waals surface area contributed by atoms with Crippen molar-refractivity contribution in [2.75, 3.05) is 13.1 Å². The minimum absolute atomic E-state index is 0.00809. The second-order valence-corrected chi connectivity index (χ2v) is 7.89. The summed E-state index contributed by atoms with van der Waals surface area (Å²) in [5.74, 6) is 1.76. The minimum atomic E-state index is -0.00809. The highest BCUT2D eigenvalue weighted by Crippen LogP contribution is 2.41. The van der Waals surface area contributed by atoms with E-state index in [4.69, 9.17) is 0 Å². The highest BCUT2D eigenvalue weighted by atomic mass is 16.1. The Morgan fingerprint density at radius 3 is 2.50 bits per heavy atom. The van der Waals surface area contributed by atoms with E-state index in [1.54, 1.807) is 0 Å². The molecule has 1 heterocycles. The van der Waals surface area contributed by atoms with Crippen LogP contribution in [-0.2, 0) is 4.79 Å². The van der Waals surface area contributed by atoms with Crippen LogP contribution in [0.15, 0.2) is 0 Å². The largest absolute Gasteiger partial charge is 0.303 e. The maximum atomic E-state index is 11.8. The first-order chi connectivity index (χ1) is 9.72. The molecule has 3 rings (SSSR count). The van der Waals surface area contributed by atoms with E-state index in [-0.39, 0.29) is 5.41 Å². The molecule has 20 heavy (non-hydrogen) atoms. The van der Waals surface area contributed by atoms with Crippen LogP contribution in [0.5, 0.6) is 0 Å². The Labute approximate surface area is 124 Å². The lowest BCUT2D eigenvalue weighted by molar-refractivity contribution is -0.121. The number of fused-ring (bicyclic) bond motifs is 1. The second-order valence-electron chi connectivity index (χ2n) is 7.89. The predicted molar refractivity (Wildman–Crippen MR) is 82.7 cm³/mol. The van der Waals surface area contributed by atoms with Crippen molar-refractivity contribution in [1.82, 2.24) is 4.90 Å². The molecule has 2 atom stereocenters. The Bertz CT molecular complexity index is 330. The molecule has 0 radical (unpaired) electrons. The second kappa shape index (κ2) is 6.17. The van der Waals surface area contributed by atoms with E-state index in [0.717, 1.165) is 37.3 Å². The van der Waals surface area contributed by atoms with Gasteiger partial charge in [0.05, 0.1) is 0 Å². The maximum absolute atomic E-state index is 11.8. The van der Waals surface area contributed by atoms with Crippen LogP contribution in [0.1, 0.15) is 71.1 Å². The molecule has 1 aliphatic heterocycles. The van der Waals surface area contributed by atoms with Crippen molar-refractivity contribution in [2.45, 2.75) is 77.2 Å². The first-order valence-corrected chi connectivity index (χ1v) is 8.93. The number of nitrogens with zero attached hydrogens (tertiary/aromatic N) is 1. The summed E-state index contributed by atoms with van der Waals surface area (Å²) in [5, 5.41) is 0. The Hall–Kier alpha value is -0.370. The van der Waals surface area contributed by atoms with Gasteiger partial charge in [0.1, 0.15) is 6.29 Å². The van der Waals surface area contributed by atoms with Crippen molar-refractivity contribution in [3.05, 3.63) is 0 Å². The lowest BCUT2D eigenvalue weighted by atomic mass is 9.70. The summed E-state index contributed by atoms with van der Waals surface area (Å²) in [5.41, 5.74) is -0.00809. The zero-order valence-corrected chi connectivity index (χ0v) is 13.2. The Balaban J connectivity index is 1.66. The zero-order valence-electron chi connectivity index (χ0n) is 13.2. The van der Waals surface area contributed by atoms with E-state index in [0.29, 0.717) is 0 Å². The number of piperidine rings is 1. The highest BCUT2D eigenvalue weighted by molar-refractivity contribution is 5.60. The van der Waals surface area contributed by atoms with E-state index in [1.807, 2.05) is 0 Å². The first kappa shape index (κ1) is 14.6. The van der Waals surface area contributed by atoms with Crippen LogP contribution in [-0.4, -0.2) is 30.3 Å². The van der Waals surface area contributed by atoms with Crippen LogP contribution >= 0.6 is 0 Å². The van der Waals surface area contributed by atoms with Crippen LogP contribution in [0.3, 0.4) is 0 Å². The number of carbonyl (C=O) groups is 1. The molecule has 0 aromatic heterocycles. The van der Waals surface area contributed by atoms with Crippen molar-refractivity contribution in [1.29, 1.82) is 0 Å². The lowest BCUT2D eigenvalue weighted by Gasteiger charge is -2.48. The van der Waals surface area contributed by atoms with Crippen LogP contribution in [0.25, 0.3) is 0 Å². The zero-order chi connectivity index (χ0) is 14.0. The van der Waals surface area contributed by atoms with Crippen molar-refractivity contribution < 1.29 is 4.79 Å². The van der Waals surface area contributed by atoms with Gasteiger partial charge in [-0.25, -0.2) is 0 Å². The van der Waals surface area contributed by atoms with Gasteiger partial charge in [0.25, 0.3) is 0 Å². The molecule has 2 aliphatic carbocycles. The summed E-state index contributed by atoms with van der Waals surface area (Å²) in [4.78, 5) is 14.5. The van der Waals surface area contributed by atoms with Crippen LogP contribution in [0.4, 0.5) is 0 Å². The maximum Gasteiger partial charge on any atom is 0.127 e. The molecule has 2 nitrogen and oxygen atoms in total. The topological polar surface area (TPSA) is 20.3 Å². The summed E-state index contributed by atoms with van der Waals surface area (Å²) in [6.45, 7) is 4.64. The molecular formula is C18H31NO. The minimum Gasteiger partial charge on any atom is -0.303 e. The fraction of sp³-hybridized carbons (Fsp3) is 0.944. The van der Waals surface area contributed by atoms with Crippen LogP contribution in [0, 0.1) is 17.3 Å².